The van der Waals surface area contributed by atoms with E-state index in [4.69, 9.17) is 22.1 Å². The number of halogens is 1. The van der Waals surface area contributed by atoms with Gasteiger partial charge in [0.1, 0.15) is 5.75 Å². The van der Waals surface area contributed by atoms with E-state index in [0.29, 0.717) is 17.3 Å². The van der Waals surface area contributed by atoms with Crippen LogP contribution in [0.4, 0.5) is 17.1 Å². The van der Waals surface area contributed by atoms with Crippen LogP contribution in [0.15, 0.2) is 42.5 Å². The van der Waals surface area contributed by atoms with Crippen molar-refractivity contribution in [1.29, 1.82) is 0 Å². The first kappa shape index (κ1) is 12.6. The monoisotopic (exact) mass is 262 g/mol. The highest BCUT2D eigenvalue weighted by molar-refractivity contribution is 6.31. The molecule has 0 aromatic heterocycles. The molecule has 0 aliphatic carbocycles. The van der Waals surface area contributed by atoms with Crippen LogP contribution in [0.1, 0.15) is 6.92 Å². The van der Waals surface area contributed by atoms with Crippen molar-refractivity contribution in [3.05, 3.63) is 47.5 Å². The van der Waals surface area contributed by atoms with Gasteiger partial charge in [-0.3, -0.25) is 0 Å². The zero-order valence-corrected chi connectivity index (χ0v) is 10.9. The molecular formula is C14H15ClN2O. The number of anilines is 3. The van der Waals surface area contributed by atoms with Gasteiger partial charge in [-0.1, -0.05) is 17.7 Å². The maximum Gasteiger partial charge on any atom is 0.121 e. The number of rotatable bonds is 4. The molecule has 3 N–H and O–H groups in total. The van der Waals surface area contributed by atoms with E-state index in [1.807, 2.05) is 37.3 Å². The number of benzene rings is 2. The van der Waals surface area contributed by atoms with Crippen molar-refractivity contribution in [2.24, 2.45) is 0 Å². The topological polar surface area (TPSA) is 47.3 Å². The molecule has 0 bridgehead atoms. The second kappa shape index (κ2) is 5.65. The summed E-state index contributed by atoms with van der Waals surface area (Å²) in [4.78, 5) is 0. The van der Waals surface area contributed by atoms with E-state index >= 15 is 0 Å². The van der Waals surface area contributed by atoms with Crippen molar-refractivity contribution >= 4 is 28.7 Å². The summed E-state index contributed by atoms with van der Waals surface area (Å²) in [6, 6.07) is 13.1. The third-order valence-electron chi connectivity index (χ3n) is 2.44. The van der Waals surface area contributed by atoms with E-state index in [0.717, 1.165) is 17.1 Å². The highest BCUT2D eigenvalue weighted by Crippen LogP contribution is 2.27. The first-order valence-electron chi connectivity index (χ1n) is 5.74. The minimum atomic E-state index is 0.615. The fourth-order valence-corrected chi connectivity index (χ4v) is 1.81. The molecule has 0 amide bonds. The Balaban J connectivity index is 2.20. The Labute approximate surface area is 112 Å². The minimum Gasteiger partial charge on any atom is -0.494 e. The van der Waals surface area contributed by atoms with E-state index < -0.39 is 0 Å². The average Bonchev–Trinajstić information content (AvgIpc) is 2.34. The predicted octanol–water partition coefficient (Wildman–Crippen LogP) is 4.06. The van der Waals surface area contributed by atoms with E-state index in [-0.39, 0.29) is 0 Å². The summed E-state index contributed by atoms with van der Waals surface area (Å²) in [5.74, 6) is 0.829. The molecule has 4 heteroatoms. The molecule has 2 aromatic carbocycles. The standard InChI is InChI=1S/C14H15ClN2O/c1-2-18-12-5-3-4-11(9-12)17-14-7-6-10(15)8-13(14)16/h3-9,17H,2,16H2,1H3. The van der Waals surface area contributed by atoms with Crippen molar-refractivity contribution in [2.45, 2.75) is 6.92 Å². The van der Waals surface area contributed by atoms with Gasteiger partial charge in [0.25, 0.3) is 0 Å². The second-order valence-corrected chi connectivity index (χ2v) is 4.25. The van der Waals surface area contributed by atoms with Crippen molar-refractivity contribution in [1.82, 2.24) is 0 Å². The molecule has 18 heavy (non-hydrogen) atoms. The zero-order valence-electron chi connectivity index (χ0n) is 10.1. The lowest BCUT2D eigenvalue weighted by molar-refractivity contribution is 0.340. The summed E-state index contributed by atoms with van der Waals surface area (Å²) >= 11 is 5.86. The van der Waals surface area contributed by atoms with Gasteiger partial charge < -0.3 is 15.8 Å². The van der Waals surface area contributed by atoms with Crippen molar-refractivity contribution in [2.75, 3.05) is 17.7 Å². The molecule has 0 aliphatic heterocycles. The normalized spacial score (nSPS) is 10.1. The Hall–Kier alpha value is -1.87. The van der Waals surface area contributed by atoms with Gasteiger partial charge in [0.05, 0.1) is 18.0 Å². The number of nitrogens with one attached hydrogen (secondary N) is 1. The third kappa shape index (κ3) is 3.08. The zero-order chi connectivity index (χ0) is 13.0. The van der Waals surface area contributed by atoms with Gasteiger partial charge in [0, 0.05) is 16.8 Å². The van der Waals surface area contributed by atoms with Gasteiger partial charge in [-0.05, 0) is 37.3 Å². The number of hydrogen-bond donors (Lipinski definition) is 2. The molecule has 2 aromatic rings. The lowest BCUT2D eigenvalue weighted by Gasteiger charge is -2.11. The summed E-state index contributed by atoms with van der Waals surface area (Å²) in [6.45, 7) is 2.60. The Bertz CT molecular complexity index is 543. The highest BCUT2D eigenvalue weighted by Gasteiger charge is 2.01. The first-order valence-corrected chi connectivity index (χ1v) is 6.11. The number of ether oxygens (including phenoxy) is 1. The van der Waals surface area contributed by atoms with E-state index in [9.17, 15) is 0 Å². The van der Waals surface area contributed by atoms with Gasteiger partial charge in [-0.25, -0.2) is 0 Å². The molecule has 3 nitrogen and oxygen atoms in total. The van der Waals surface area contributed by atoms with Crippen molar-refractivity contribution in [3.8, 4) is 5.75 Å². The van der Waals surface area contributed by atoms with Crippen LogP contribution in [0.5, 0.6) is 5.75 Å². The van der Waals surface area contributed by atoms with Gasteiger partial charge in [-0.15, -0.1) is 0 Å². The average molecular weight is 263 g/mol. The van der Waals surface area contributed by atoms with Gasteiger partial charge in [0.2, 0.25) is 0 Å². The van der Waals surface area contributed by atoms with Crippen LogP contribution in [-0.4, -0.2) is 6.61 Å². The fraction of sp³-hybridized carbons (Fsp3) is 0.143. The van der Waals surface area contributed by atoms with E-state index in [1.54, 1.807) is 12.1 Å². The predicted molar refractivity (Wildman–Crippen MR) is 76.8 cm³/mol. The molecular weight excluding hydrogens is 248 g/mol. The van der Waals surface area contributed by atoms with E-state index in [2.05, 4.69) is 5.32 Å². The van der Waals surface area contributed by atoms with Crippen LogP contribution in [0.25, 0.3) is 0 Å². The van der Waals surface area contributed by atoms with Gasteiger partial charge in [-0.2, -0.15) is 0 Å². The number of hydrogen-bond acceptors (Lipinski definition) is 3. The summed E-state index contributed by atoms with van der Waals surface area (Å²) < 4.78 is 5.44. The number of nitrogens with two attached hydrogens (primary N) is 1. The summed E-state index contributed by atoms with van der Waals surface area (Å²) in [7, 11) is 0. The molecule has 0 heterocycles. The maximum atomic E-state index is 5.89. The quantitative estimate of drug-likeness (QED) is 0.817. The van der Waals surface area contributed by atoms with Gasteiger partial charge in [0.15, 0.2) is 0 Å². The molecule has 0 saturated heterocycles. The second-order valence-electron chi connectivity index (χ2n) is 3.82. The molecule has 2 rings (SSSR count). The molecule has 0 aliphatic rings. The Morgan fingerprint density at radius 2 is 2.06 bits per heavy atom. The Morgan fingerprint density at radius 1 is 1.22 bits per heavy atom. The molecule has 0 spiro atoms. The van der Waals surface area contributed by atoms with Crippen LogP contribution in [-0.2, 0) is 0 Å². The molecule has 0 radical (unpaired) electrons. The van der Waals surface area contributed by atoms with Crippen LogP contribution in [0.2, 0.25) is 5.02 Å². The lowest BCUT2D eigenvalue weighted by Crippen LogP contribution is -1.97. The molecule has 0 fully saturated rings. The molecule has 0 saturated carbocycles. The maximum absolute atomic E-state index is 5.89. The Morgan fingerprint density at radius 3 is 2.78 bits per heavy atom. The lowest BCUT2D eigenvalue weighted by atomic mass is 10.2. The first-order chi connectivity index (χ1) is 8.69. The SMILES string of the molecule is CCOc1cccc(Nc2ccc(Cl)cc2N)c1. The van der Waals surface area contributed by atoms with Gasteiger partial charge >= 0.3 is 0 Å². The third-order valence-corrected chi connectivity index (χ3v) is 2.67. The summed E-state index contributed by atoms with van der Waals surface area (Å²) in [6.07, 6.45) is 0. The largest absolute Gasteiger partial charge is 0.494 e. The van der Waals surface area contributed by atoms with Crippen LogP contribution in [0, 0.1) is 0 Å². The van der Waals surface area contributed by atoms with Crippen LogP contribution >= 0.6 is 11.6 Å². The number of nitrogen functional groups attached to an aromatic ring is 1. The fourth-order valence-electron chi connectivity index (χ4n) is 1.63. The van der Waals surface area contributed by atoms with Crippen molar-refractivity contribution in [3.63, 3.8) is 0 Å². The molecule has 94 valence electrons. The molecule has 0 unspecified atom stereocenters. The van der Waals surface area contributed by atoms with Crippen LogP contribution in [0.3, 0.4) is 0 Å². The van der Waals surface area contributed by atoms with Crippen molar-refractivity contribution < 1.29 is 4.74 Å². The Kier molecular flexibility index (Phi) is 3.95. The summed E-state index contributed by atoms with van der Waals surface area (Å²) in [5.41, 5.74) is 8.26. The van der Waals surface area contributed by atoms with E-state index in [1.165, 1.54) is 0 Å². The molecule has 0 atom stereocenters. The summed E-state index contributed by atoms with van der Waals surface area (Å²) in [5, 5.41) is 3.86. The minimum absolute atomic E-state index is 0.615. The smallest absolute Gasteiger partial charge is 0.121 e. The van der Waals surface area contributed by atoms with Crippen LogP contribution < -0.4 is 15.8 Å². The highest BCUT2D eigenvalue weighted by atomic mass is 35.5.